The predicted molar refractivity (Wildman–Crippen MR) is 127 cm³/mol. The molecule has 5 rings (SSSR count). The van der Waals surface area contributed by atoms with Crippen LogP contribution in [0.1, 0.15) is 16.8 Å². The summed E-state index contributed by atoms with van der Waals surface area (Å²) in [6.07, 6.45) is 1.57. The first-order chi connectivity index (χ1) is 15.6. The Hall–Kier alpha value is -3.38. The van der Waals surface area contributed by atoms with Crippen LogP contribution in [0.25, 0.3) is 22.5 Å². The lowest BCUT2D eigenvalue weighted by Gasteiger charge is -2.21. The van der Waals surface area contributed by atoms with Crippen LogP contribution >= 0.6 is 15.9 Å². The van der Waals surface area contributed by atoms with Crippen molar-refractivity contribution in [3.05, 3.63) is 99.9 Å². The second kappa shape index (κ2) is 8.63. The summed E-state index contributed by atoms with van der Waals surface area (Å²) in [4.78, 5) is 22.6. The van der Waals surface area contributed by atoms with Gasteiger partial charge in [-0.2, -0.15) is 0 Å². The predicted octanol–water partition coefficient (Wildman–Crippen LogP) is 5.99. The van der Waals surface area contributed by atoms with Crippen molar-refractivity contribution in [2.45, 2.75) is 19.3 Å². The summed E-state index contributed by atoms with van der Waals surface area (Å²) >= 11 is 3.41. The second-order valence-electron chi connectivity index (χ2n) is 7.74. The molecule has 1 aliphatic carbocycles. The van der Waals surface area contributed by atoms with E-state index >= 15 is 0 Å². The Bertz CT molecular complexity index is 1310. The van der Waals surface area contributed by atoms with Crippen molar-refractivity contribution < 1.29 is 9.18 Å². The largest absolute Gasteiger partial charge is 0.309 e. The molecule has 32 heavy (non-hydrogen) atoms. The SMILES string of the molecule is O=C(Cc1ccc(Br)cc1)Nc1nc2c(nc1-c1ccccc1)-c1ccc(F)cc1CC2. The average Bonchev–Trinajstić information content (AvgIpc) is 2.80. The van der Waals surface area contributed by atoms with Gasteiger partial charge in [-0.05, 0) is 54.3 Å². The van der Waals surface area contributed by atoms with Crippen LogP contribution in [0.15, 0.2) is 77.3 Å². The summed E-state index contributed by atoms with van der Waals surface area (Å²) in [5.74, 6) is 0.0416. The van der Waals surface area contributed by atoms with Gasteiger partial charge in [-0.3, -0.25) is 4.79 Å². The molecule has 0 fully saturated rings. The first kappa shape index (κ1) is 20.5. The third kappa shape index (κ3) is 4.18. The van der Waals surface area contributed by atoms with Crippen LogP contribution in [0.5, 0.6) is 0 Å². The van der Waals surface area contributed by atoms with E-state index in [2.05, 4.69) is 21.2 Å². The number of nitrogens with one attached hydrogen (secondary N) is 1. The molecule has 4 aromatic rings. The molecule has 0 aliphatic heterocycles. The zero-order valence-electron chi connectivity index (χ0n) is 17.1. The van der Waals surface area contributed by atoms with E-state index in [1.807, 2.05) is 54.6 Å². The van der Waals surface area contributed by atoms with Gasteiger partial charge in [0.2, 0.25) is 5.91 Å². The molecule has 0 saturated carbocycles. The highest BCUT2D eigenvalue weighted by Crippen LogP contribution is 2.36. The topological polar surface area (TPSA) is 54.9 Å². The fraction of sp³-hybridized carbons (Fsp3) is 0.115. The van der Waals surface area contributed by atoms with Crippen LogP contribution in [0.4, 0.5) is 10.2 Å². The molecule has 0 bridgehead atoms. The first-order valence-corrected chi connectivity index (χ1v) is 11.2. The van der Waals surface area contributed by atoms with Gasteiger partial charge >= 0.3 is 0 Å². The Kier molecular flexibility index (Phi) is 5.53. The number of amides is 1. The number of carbonyl (C=O) groups is 1. The maximum absolute atomic E-state index is 13.7. The number of aryl methyl sites for hydroxylation is 2. The van der Waals surface area contributed by atoms with E-state index in [-0.39, 0.29) is 18.1 Å². The van der Waals surface area contributed by atoms with Gasteiger partial charge < -0.3 is 5.32 Å². The standard InChI is InChI=1S/C26H19BrFN3O/c27-19-9-6-16(7-10-19)14-23(32)30-26-24(17-4-2-1-3-5-17)31-25-21-12-11-20(28)15-18(21)8-13-22(25)29-26/h1-7,9-12,15H,8,13-14H2,(H,29,30,32). The Morgan fingerprint density at radius 2 is 1.72 bits per heavy atom. The van der Waals surface area contributed by atoms with Gasteiger partial charge in [-0.25, -0.2) is 14.4 Å². The molecule has 1 amide bonds. The monoisotopic (exact) mass is 487 g/mol. The highest BCUT2D eigenvalue weighted by Gasteiger charge is 2.23. The molecule has 0 spiro atoms. The number of rotatable bonds is 4. The number of nitrogens with zero attached hydrogens (tertiary/aromatic N) is 2. The average molecular weight is 488 g/mol. The minimum atomic E-state index is -0.250. The fourth-order valence-electron chi connectivity index (χ4n) is 3.96. The van der Waals surface area contributed by atoms with E-state index in [0.29, 0.717) is 24.4 Å². The van der Waals surface area contributed by atoms with E-state index in [4.69, 9.17) is 9.97 Å². The van der Waals surface area contributed by atoms with Gasteiger partial charge in [0.15, 0.2) is 5.82 Å². The fourth-order valence-corrected chi connectivity index (χ4v) is 4.23. The number of hydrogen-bond donors (Lipinski definition) is 1. The van der Waals surface area contributed by atoms with Crippen molar-refractivity contribution in [3.8, 4) is 22.5 Å². The van der Waals surface area contributed by atoms with E-state index in [1.165, 1.54) is 6.07 Å². The summed E-state index contributed by atoms with van der Waals surface area (Å²) < 4.78 is 14.7. The maximum Gasteiger partial charge on any atom is 0.230 e. The van der Waals surface area contributed by atoms with Crippen LogP contribution in [-0.2, 0) is 24.1 Å². The molecular weight excluding hydrogens is 469 g/mol. The van der Waals surface area contributed by atoms with Crippen LogP contribution in [-0.4, -0.2) is 15.9 Å². The molecule has 0 radical (unpaired) electrons. The normalized spacial score (nSPS) is 12.1. The molecule has 3 aromatic carbocycles. The van der Waals surface area contributed by atoms with Gasteiger partial charge in [0.05, 0.1) is 17.8 Å². The van der Waals surface area contributed by atoms with E-state index < -0.39 is 0 Å². The van der Waals surface area contributed by atoms with Crippen LogP contribution in [0, 0.1) is 5.82 Å². The molecular formula is C26H19BrFN3O. The van der Waals surface area contributed by atoms with Gasteiger partial charge in [-0.15, -0.1) is 0 Å². The molecule has 1 N–H and O–H groups in total. The molecule has 1 aromatic heterocycles. The van der Waals surface area contributed by atoms with E-state index in [1.54, 1.807) is 12.1 Å². The highest BCUT2D eigenvalue weighted by atomic mass is 79.9. The molecule has 0 atom stereocenters. The zero-order valence-corrected chi connectivity index (χ0v) is 18.7. The molecule has 6 heteroatoms. The first-order valence-electron chi connectivity index (χ1n) is 10.4. The van der Waals surface area contributed by atoms with E-state index in [9.17, 15) is 9.18 Å². The number of carbonyl (C=O) groups excluding carboxylic acids is 1. The number of halogens is 2. The van der Waals surface area contributed by atoms with E-state index in [0.717, 1.165) is 38.1 Å². The van der Waals surface area contributed by atoms with Crippen molar-refractivity contribution in [2.75, 3.05) is 5.32 Å². The lowest BCUT2D eigenvalue weighted by atomic mass is 9.91. The molecule has 158 valence electrons. The number of aromatic nitrogens is 2. The smallest absolute Gasteiger partial charge is 0.230 e. The highest BCUT2D eigenvalue weighted by molar-refractivity contribution is 9.10. The molecule has 4 nitrogen and oxygen atoms in total. The summed E-state index contributed by atoms with van der Waals surface area (Å²) in [7, 11) is 0. The van der Waals surface area contributed by atoms with Crippen molar-refractivity contribution in [1.82, 2.24) is 9.97 Å². The number of anilines is 1. The molecule has 0 unspecified atom stereocenters. The Morgan fingerprint density at radius 1 is 0.938 bits per heavy atom. The summed E-state index contributed by atoms with van der Waals surface area (Å²) in [6.45, 7) is 0. The Labute approximate surface area is 193 Å². The van der Waals surface area contributed by atoms with Crippen LogP contribution in [0.2, 0.25) is 0 Å². The summed E-state index contributed by atoms with van der Waals surface area (Å²) in [5.41, 5.74) is 5.75. The lowest BCUT2D eigenvalue weighted by molar-refractivity contribution is -0.115. The molecule has 0 saturated heterocycles. The van der Waals surface area contributed by atoms with Crippen molar-refractivity contribution in [2.24, 2.45) is 0 Å². The summed E-state index contributed by atoms with van der Waals surface area (Å²) in [6, 6.07) is 22.1. The lowest BCUT2D eigenvalue weighted by Crippen LogP contribution is -2.19. The molecule has 1 aliphatic rings. The minimum absolute atomic E-state index is 0.156. The van der Waals surface area contributed by atoms with Crippen molar-refractivity contribution >= 4 is 27.7 Å². The number of benzene rings is 3. The van der Waals surface area contributed by atoms with Gasteiger partial charge in [0.25, 0.3) is 0 Å². The maximum atomic E-state index is 13.7. The van der Waals surface area contributed by atoms with Crippen LogP contribution in [0.3, 0.4) is 0 Å². The third-order valence-electron chi connectivity index (χ3n) is 5.50. The summed E-state index contributed by atoms with van der Waals surface area (Å²) in [5, 5.41) is 2.97. The van der Waals surface area contributed by atoms with Gasteiger partial charge in [0, 0.05) is 15.6 Å². The zero-order chi connectivity index (χ0) is 22.1. The number of fused-ring (bicyclic) bond motifs is 3. The van der Waals surface area contributed by atoms with Crippen molar-refractivity contribution in [3.63, 3.8) is 0 Å². The van der Waals surface area contributed by atoms with Gasteiger partial charge in [0.1, 0.15) is 11.5 Å². The van der Waals surface area contributed by atoms with Crippen LogP contribution < -0.4 is 5.32 Å². The minimum Gasteiger partial charge on any atom is -0.309 e. The van der Waals surface area contributed by atoms with Gasteiger partial charge in [-0.1, -0.05) is 58.4 Å². The Balaban J connectivity index is 1.54. The number of hydrogen-bond acceptors (Lipinski definition) is 3. The molecule has 1 heterocycles. The Morgan fingerprint density at radius 3 is 2.50 bits per heavy atom. The van der Waals surface area contributed by atoms with Crippen molar-refractivity contribution in [1.29, 1.82) is 0 Å². The third-order valence-corrected chi connectivity index (χ3v) is 6.03. The quantitative estimate of drug-likeness (QED) is 0.384. The second-order valence-corrected chi connectivity index (χ2v) is 8.65.